The molecule has 0 aromatic heterocycles. The van der Waals surface area contributed by atoms with Crippen molar-refractivity contribution < 1.29 is 27.5 Å². The molecule has 2 aromatic carbocycles. The third kappa shape index (κ3) is 3.68. The van der Waals surface area contributed by atoms with Crippen LogP contribution in [-0.4, -0.2) is 17.5 Å². The maximum absolute atomic E-state index is 13.2. The van der Waals surface area contributed by atoms with Gasteiger partial charge >= 0.3 is 12.2 Å². The minimum Gasteiger partial charge on any atom is -0.486 e. The van der Waals surface area contributed by atoms with Crippen molar-refractivity contribution in [1.29, 1.82) is 0 Å². The molecule has 1 aliphatic carbocycles. The van der Waals surface area contributed by atoms with Crippen molar-refractivity contribution in [3.63, 3.8) is 0 Å². The topological polar surface area (TPSA) is 79.5 Å². The molecule has 2 aromatic rings. The molecule has 0 atom stereocenters. The predicted octanol–water partition coefficient (Wildman–Crippen LogP) is 5.07. The lowest BCUT2D eigenvalue weighted by atomic mass is 9.72. The Morgan fingerprint density at radius 2 is 2.00 bits per heavy atom. The van der Waals surface area contributed by atoms with Crippen molar-refractivity contribution in [2.24, 2.45) is 0 Å². The Hall–Kier alpha value is -3.49. The largest absolute Gasteiger partial charge is 0.486 e. The van der Waals surface area contributed by atoms with Gasteiger partial charge in [-0.05, 0) is 49.1 Å². The number of hydrogen-bond acceptors (Lipinski definition) is 3. The highest BCUT2D eigenvalue weighted by Crippen LogP contribution is 2.50. The van der Waals surface area contributed by atoms with Gasteiger partial charge in [-0.2, -0.15) is 13.2 Å². The van der Waals surface area contributed by atoms with Crippen LogP contribution in [0.25, 0.3) is 5.57 Å². The van der Waals surface area contributed by atoms with Crippen LogP contribution in [0.4, 0.5) is 29.3 Å². The standard InChI is InChI=1S/C23H20F3N3O3/c24-23(25,26)14-5-6-15-13(11-22(7-2-8-22)32-19(15)10-14)9-20(30)28-17-3-1-4-18-16(17)12-27-21(31)29-18/h1,3-6,9-10H,2,7-8,11-12H2,(H,28,30)(H2,27,29,31). The fraction of sp³-hybridized carbons (Fsp3) is 0.304. The van der Waals surface area contributed by atoms with Crippen LogP contribution in [0.3, 0.4) is 0 Å². The summed E-state index contributed by atoms with van der Waals surface area (Å²) in [6, 6.07) is 8.28. The van der Waals surface area contributed by atoms with Crippen LogP contribution >= 0.6 is 0 Å². The van der Waals surface area contributed by atoms with Crippen molar-refractivity contribution in [3.8, 4) is 5.75 Å². The van der Waals surface area contributed by atoms with Gasteiger partial charge in [0.2, 0.25) is 5.91 Å². The zero-order valence-electron chi connectivity index (χ0n) is 16.9. The van der Waals surface area contributed by atoms with Crippen molar-refractivity contribution in [2.75, 3.05) is 10.6 Å². The van der Waals surface area contributed by atoms with Gasteiger partial charge in [0.1, 0.15) is 11.4 Å². The number of urea groups is 1. The van der Waals surface area contributed by atoms with Gasteiger partial charge in [-0.15, -0.1) is 0 Å². The van der Waals surface area contributed by atoms with E-state index in [9.17, 15) is 22.8 Å². The summed E-state index contributed by atoms with van der Waals surface area (Å²) in [6.07, 6.45) is -0.174. The molecule has 0 unspecified atom stereocenters. The third-order valence-corrected chi connectivity index (χ3v) is 6.17. The van der Waals surface area contributed by atoms with Crippen LogP contribution in [0, 0.1) is 0 Å². The lowest BCUT2D eigenvalue weighted by Crippen LogP contribution is -2.45. The molecule has 9 heteroatoms. The normalized spacial score (nSPS) is 19.7. The average Bonchev–Trinajstić information content (AvgIpc) is 2.71. The molecule has 1 saturated carbocycles. The fourth-order valence-corrected chi connectivity index (χ4v) is 4.41. The van der Waals surface area contributed by atoms with Crippen LogP contribution in [0.2, 0.25) is 0 Å². The van der Waals surface area contributed by atoms with E-state index in [0.717, 1.165) is 37.0 Å². The van der Waals surface area contributed by atoms with Gasteiger partial charge in [-0.25, -0.2) is 4.79 Å². The molecule has 6 nitrogen and oxygen atoms in total. The number of carbonyl (C=O) groups excluding carboxylic acids is 2. The van der Waals surface area contributed by atoms with Crippen LogP contribution in [0.5, 0.6) is 5.75 Å². The number of nitrogens with one attached hydrogen (secondary N) is 3. The summed E-state index contributed by atoms with van der Waals surface area (Å²) < 4.78 is 45.6. The van der Waals surface area contributed by atoms with Crippen LogP contribution in [-0.2, 0) is 17.5 Å². The van der Waals surface area contributed by atoms with E-state index in [1.807, 2.05) is 0 Å². The zero-order chi connectivity index (χ0) is 22.5. The van der Waals surface area contributed by atoms with E-state index >= 15 is 0 Å². The molecule has 2 aliphatic heterocycles. The summed E-state index contributed by atoms with van der Waals surface area (Å²) in [7, 11) is 0. The van der Waals surface area contributed by atoms with Crippen molar-refractivity contribution in [2.45, 2.75) is 44.0 Å². The second kappa shape index (κ2) is 7.29. The molecular formula is C23H20F3N3O3. The Bertz CT molecular complexity index is 1150. The first kappa shape index (κ1) is 20.4. The van der Waals surface area contributed by atoms with E-state index in [0.29, 0.717) is 28.9 Å². The highest BCUT2D eigenvalue weighted by Gasteiger charge is 2.44. The maximum Gasteiger partial charge on any atom is 0.416 e. The number of carbonyl (C=O) groups is 2. The number of anilines is 2. The molecule has 1 fully saturated rings. The number of halogens is 3. The van der Waals surface area contributed by atoms with E-state index in [2.05, 4.69) is 16.0 Å². The minimum atomic E-state index is -4.47. The van der Waals surface area contributed by atoms with Gasteiger partial charge in [0, 0.05) is 41.5 Å². The summed E-state index contributed by atoms with van der Waals surface area (Å²) >= 11 is 0. The summed E-state index contributed by atoms with van der Waals surface area (Å²) in [5.41, 5.74) is 1.73. The minimum absolute atomic E-state index is 0.161. The molecule has 3 N–H and O–H groups in total. The summed E-state index contributed by atoms with van der Waals surface area (Å²) in [5, 5.41) is 8.19. The number of benzene rings is 2. The average molecular weight is 443 g/mol. The SMILES string of the molecule is O=C(C=C1CC2(CCC2)Oc2cc(C(F)(F)F)ccc21)Nc1cccc2c1CNC(=O)N2. The van der Waals surface area contributed by atoms with Crippen molar-refractivity contribution >= 4 is 28.9 Å². The van der Waals surface area contributed by atoms with E-state index in [-0.39, 0.29) is 18.3 Å². The smallest absolute Gasteiger partial charge is 0.416 e. The van der Waals surface area contributed by atoms with Crippen molar-refractivity contribution in [1.82, 2.24) is 5.32 Å². The Morgan fingerprint density at radius 3 is 2.72 bits per heavy atom. The van der Waals surface area contributed by atoms with Gasteiger partial charge in [0.15, 0.2) is 0 Å². The number of amides is 3. The molecule has 2 heterocycles. The number of rotatable bonds is 2. The lowest BCUT2D eigenvalue weighted by molar-refractivity contribution is -0.138. The molecule has 3 aliphatic rings. The van der Waals surface area contributed by atoms with E-state index in [4.69, 9.17) is 4.74 Å². The van der Waals surface area contributed by atoms with Crippen LogP contribution < -0.4 is 20.7 Å². The second-order valence-electron chi connectivity index (χ2n) is 8.32. The molecule has 0 radical (unpaired) electrons. The Kier molecular flexibility index (Phi) is 4.65. The highest BCUT2D eigenvalue weighted by molar-refractivity contribution is 6.06. The second-order valence-corrected chi connectivity index (χ2v) is 8.32. The van der Waals surface area contributed by atoms with E-state index < -0.39 is 23.2 Å². The van der Waals surface area contributed by atoms with Gasteiger partial charge < -0.3 is 20.7 Å². The molecule has 1 spiro atoms. The first-order valence-corrected chi connectivity index (χ1v) is 10.3. The third-order valence-electron chi connectivity index (χ3n) is 6.17. The fourth-order valence-electron chi connectivity index (χ4n) is 4.41. The van der Waals surface area contributed by atoms with Gasteiger partial charge in [-0.3, -0.25) is 4.79 Å². The monoisotopic (exact) mass is 443 g/mol. The molecule has 32 heavy (non-hydrogen) atoms. The van der Waals surface area contributed by atoms with E-state index in [1.165, 1.54) is 12.1 Å². The predicted molar refractivity (Wildman–Crippen MR) is 112 cm³/mol. The number of ether oxygens (including phenoxy) is 1. The quantitative estimate of drug-likeness (QED) is 0.567. The first-order valence-electron chi connectivity index (χ1n) is 10.3. The first-order chi connectivity index (χ1) is 15.2. The van der Waals surface area contributed by atoms with E-state index in [1.54, 1.807) is 18.2 Å². The van der Waals surface area contributed by atoms with Crippen molar-refractivity contribution in [3.05, 3.63) is 59.2 Å². The number of fused-ring (bicyclic) bond motifs is 2. The van der Waals surface area contributed by atoms with Gasteiger partial charge in [-0.1, -0.05) is 12.1 Å². The van der Waals surface area contributed by atoms with Crippen LogP contribution in [0.1, 0.15) is 42.4 Å². The summed E-state index contributed by atoms with van der Waals surface area (Å²) in [6.45, 7) is 0.272. The maximum atomic E-state index is 13.2. The summed E-state index contributed by atoms with van der Waals surface area (Å²) in [5.74, 6) is -0.235. The lowest BCUT2D eigenvalue weighted by Gasteiger charge is -2.46. The Morgan fingerprint density at radius 1 is 1.19 bits per heavy atom. The molecule has 0 bridgehead atoms. The molecule has 3 amide bonds. The molecule has 166 valence electrons. The zero-order valence-corrected chi connectivity index (χ0v) is 16.9. The number of hydrogen-bond donors (Lipinski definition) is 3. The van der Waals surface area contributed by atoms with Gasteiger partial charge in [0.05, 0.1) is 5.56 Å². The summed E-state index contributed by atoms with van der Waals surface area (Å²) in [4.78, 5) is 24.4. The highest BCUT2D eigenvalue weighted by atomic mass is 19.4. The molecular weight excluding hydrogens is 423 g/mol. The van der Waals surface area contributed by atoms with Gasteiger partial charge in [0.25, 0.3) is 0 Å². The Labute approximate surface area is 181 Å². The Balaban J connectivity index is 1.46. The number of alkyl halides is 3. The molecule has 0 saturated heterocycles. The molecule has 5 rings (SSSR count). The van der Waals surface area contributed by atoms with Crippen LogP contribution in [0.15, 0.2) is 42.5 Å².